The van der Waals surface area contributed by atoms with E-state index < -0.39 is 0 Å². The van der Waals surface area contributed by atoms with Gasteiger partial charge in [0, 0.05) is 13.6 Å². The molecular formula is C17H15N3OS. The molecule has 4 nitrogen and oxygen atoms in total. The Hall–Kier alpha value is -2.53. The van der Waals surface area contributed by atoms with Crippen LogP contribution in [0.3, 0.4) is 0 Å². The van der Waals surface area contributed by atoms with E-state index >= 15 is 0 Å². The van der Waals surface area contributed by atoms with E-state index in [-0.39, 0.29) is 5.91 Å². The predicted molar refractivity (Wildman–Crippen MR) is 87.6 cm³/mol. The molecule has 1 heterocycles. The van der Waals surface area contributed by atoms with Crippen LogP contribution in [0.25, 0.3) is 11.1 Å². The molecule has 5 heteroatoms. The number of carbonyl (C=O) groups excluding carboxylic acids is 1. The van der Waals surface area contributed by atoms with Crippen LogP contribution >= 0.6 is 11.7 Å². The predicted octanol–water partition coefficient (Wildman–Crippen LogP) is 3.48. The third kappa shape index (κ3) is 3.20. The van der Waals surface area contributed by atoms with E-state index in [1.165, 1.54) is 17.3 Å². The number of nitrogens with zero attached hydrogens (tertiary/aromatic N) is 3. The van der Waals surface area contributed by atoms with Gasteiger partial charge >= 0.3 is 0 Å². The second-order valence-corrected chi connectivity index (χ2v) is 5.57. The summed E-state index contributed by atoms with van der Waals surface area (Å²) in [6, 6.07) is 18.5. The highest BCUT2D eigenvalue weighted by molar-refractivity contribution is 6.99. The Kier molecular flexibility index (Phi) is 4.25. The second kappa shape index (κ2) is 6.49. The summed E-state index contributed by atoms with van der Waals surface area (Å²) in [7, 11) is 1.77. The average molecular weight is 309 g/mol. The third-order valence-corrected chi connectivity index (χ3v) is 3.89. The van der Waals surface area contributed by atoms with Gasteiger partial charge in [-0.05, 0) is 16.7 Å². The molecule has 0 spiro atoms. The summed E-state index contributed by atoms with van der Waals surface area (Å²) in [6.07, 6.45) is 1.50. The van der Waals surface area contributed by atoms with Crippen LogP contribution in [0, 0.1) is 0 Å². The van der Waals surface area contributed by atoms with Gasteiger partial charge in [-0.15, -0.1) is 0 Å². The number of aromatic nitrogens is 2. The summed E-state index contributed by atoms with van der Waals surface area (Å²) in [4.78, 5) is 13.8. The van der Waals surface area contributed by atoms with Crippen molar-refractivity contribution < 1.29 is 4.79 Å². The van der Waals surface area contributed by atoms with Gasteiger partial charge in [-0.3, -0.25) is 4.79 Å². The largest absolute Gasteiger partial charge is 0.336 e. The number of hydrogen-bond acceptors (Lipinski definition) is 4. The summed E-state index contributed by atoms with van der Waals surface area (Å²) in [5, 5.41) is 0. The molecule has 0 bridgehead atoms. The zero-order valence-corrected chi connectivity index (χ0v) is 13.0. The van der Waals surface area contributed by atoms with Gasteiger partial charge in [0.05, 0.1) is 17.9 Å². The highest BCUT2D eigenvalue weighted by atomic mass is 32.1. The van der Waals surface area contributed by atoms with E-state index in [1.807, 2.05) is 30.3 Å². The van der Waals surface area contributed by atoms with Crippen LogP contribution in [0.1, 0.15) is 16.1 Å². The Morgan fingerprint density at radius 3 is 2.36 bits per heavy atom. The van der Waals surface area contributed by atoms with Gasteiger partial charge in [-0.1, -0.05) is 54.6 Å². The van der Waals surface area contributed by atoms with Crippen molar-refractivity contribution in [1.82, 2.24) is 13.6 Å². The average Bonchev–Trinajstić information content (AvgIpc) is 3.10. The van der Waals surface area contributed by atoms with Crippen LogP contribution in [0.2, 0.25) is 0 Å². The second-order valence-electron chi connectivity index (χ2n) is 5.02. The minimum absolute atomic E-state index is 0.110. The fraction of sp³-hybridized carbons (Fsp3) is 0.118. The summed E-state index contributed by atoms with van der Waals surface area (Å²) in [6.45, 7) is 0.547. The van der Waals surface area contributed by atoms with Crippen molar-refractivity contribution in [3.63, 3.8) is 0 Å². The molecule has 0 saturated heterocycles. The SMILES string of the molecule is CN(Cc1ccc(-c2ccccc2)cc1)C(=O)c1cnsn1. The summed E-state index contributed by atoms with van der Waals surface area (Å²) >= 11 is 1.04. The number of rotatable bonds is 4. The normalized spacial score (nSPS) is 10.4. The van der Waals surface area contributed by atoms with E-state index in [4.69, 9.17) is 0 Å². The van der Waals surface area contributed by atoms with E-state index in [2.05, 4.69) is 33.0 Å². The third-order valence-electron chi connectivity index (χ3n) is 3.41. The van der Waals surface area contributed by atoms with Gasteiger partial charge in [0.1, 0.15) is 0 Å². The van der Waals surface area contributed by atoms with Crippen molar-refractivity contribution in [2.24, 2.45) is 0 Å². The molecule has 3 aromatic rings. The van der Waals surface area contributed by atoms with Crippen LogP contribution in [0.4, 0.5) is 0 Å². The standard InChI is InChI=1S/C17H15N3OS/c1-20(17(21)16-11-18-22-19-16)12-13-7-9-15(10-8-13)14-5-3-2-4-6-14/h2-11H,12H2,1H3. The molecule has 110 valence electrons. The van der Waals surface area contributed by atoms with Crippen LogP contribution < -0.4 is 0 Å². The maximum absolute atomic E-state index is 12.1. The Morgan fingerprint density at radius 1 is 1.05 bits per heavy atom. The van der Waals surface area contributed by atoms with Crippen molar-refractivity contribution in [1.29, 1.82) is 0 Å². The van der Waals surface area contributed by atoms with Crippen molar-refractivity contribution in [2.45, 2.75) is 6.54 Å². The van der Waals surface area contributed by atoms with Crippen LogP contribution in [-0.2, 0) is 6.54 Å². The molecular weight excluding hydrogens is 294 g/mol. The van der Waals surface area contributed by atoms with Crippen LogP contribution in [0.5, 0.6) is 0 Å². The number of amides is 1. The van der Waals surface area contributed by atoms with E-state index in [1.54, 1.807) is 11.9 Å². The number of hydrogen-bond donors (Lipinski definition) is 0. The first-order valence-corrected chi connectivity index (χ1v) is 7.64. The fourth-order valence-electron chi connectivity index (χ4n) is 2.23. The molecule has 0 radical (unpaired) electrons. The Balaban J connectivity index is 1.70. The van der Waals surface area contributed by atoms with E-state index in [0.717, 1.165) is 17.3 Å². The highest BCUT2D eigenvalue weighted by Crippen LogP contribution is 2.19. The zero-order chi connectivity index (χ0) is 15.4. The summed E-state index contributed by atoms with van der Waals surface area (Å²) in [5.74, 6) is -0.110. The minimum Gasteiger partial charge on any atom is -0.336 e. The quantitative estimate of drug-likeness (QED) is 0.741. The molecule has 0 unspecified atom stereocenters. The first-order valence-electron chi connectivity index (χ1n) is 6.91. The molecule has 0 aliphatic rings. The first-order chi connectivity index (χ1) is 10.7. The number of benzene rings is 2. The lowest BCUT2D eigenvalue weighted by molar-refractivity contribution is 0.0780. The van der Waals surface area contributed by atoms with Gasteiger partial charge in [-0.2, -0.15) is 8.75 Å². The Bertz CT molecular complexity index is 739. The zero-order valence-electron chi connectivity index (χ0n) is 12.1. The molecule has 0 aliphatic heterocycles. The summed E-state index contributed by atoms with van der Waals surface area (Å²) < 4.78 is 7.83. The van der Waals surface area contributed by atoms with E-state index in [9.17, 15) is 4.79 Å². The first kappa shape index (κ1) is 14.4. The molecule has 0 aliphatic carbocycles. The van der Waals surface area contributed by atoms with Gasteiger partial charge in [-0.25, -0.2) is 0 Å². The maximum Gasteiger partial charge on any atom is 0.275 e. The highest BCUT2D eigenvalue weighted by Gasteiger charge is 2.14. The van der Waals surface area contributed by atoms with Gasteiger partial charge in [0.2, 0.25) is 0 Å². The van der Waals surface area contributed by atoms with Crippen LogP contribution in [0.15, 0.2) is 60.8 Å². The number of carbonyl (C=O) groups is 1. The molecule has 1 aromatic heterocycles. The molecule has 2 aromatic carbocycles. The van der Waals surface area contributed by atoms with Crippen molar-refractivity contribution in [3.8, 4) is 11.1 Å². The monoisotopic (exact) mass is 309 g/mol. The molecule has 0 N–H and O–H groups in total. The fourth-order valence-corrected chi connectivity index (χ4v) is 2.64. The van der Waals surface area contributed by atoms with Crippen LogP contribution in [-0.4, -0.2) is 26.6 Å². The Morgan fingerprint density at radius 2 is 1.73 bits per heavy atom. The van der Waals surface area contributed by atoms with Gasteiger partial charge < -0.3 is 4.90 Å². The smallest absolute Gasteiger partial charge is 0.275 e. The van der Waals surface area contributed by atoms with Crippen molar-refractivity contribution in [2.75, 3.05) is 7.05 Å². The molecule has 0 saturated carbocycles. The summed E-state index contributed by atoms with van der Waals surface area (Å²) in [5.41, 5.74) is 3.83. The minimum atomic E-state index is -0.110. The molecule has 0 atom stereocenters. The molecule has 0 fully saturated rings. The molecule has 1 amide bonds. The lowest BCUT2D eigenvalue weighted by Gasteiger charge is -2.16. The van der Waals surface area contributed by atoms with Gasteiger partial charge in [0.25, 0.3) is 5.91 Å². The topological polar surface area (TPSA) is 46.1 Å². The van der Waals surface area contributed by atoms with Crippen molar-refractivity contribution in [3.05, 3.63) is 72.1 Å². The Labute approximate surface area is 133 Å². The van der Waals surface area contributed by atoms with E-state index in [0.29, 0.717) is 12.2 Å². The molecule has 3 rings (SSSR count). The maximum atomic E-state index is 12.1. The lowest BCUT2D eigenvalue weighted by Crippen LogP contribution is -2.26. The lowest BCUT2D eigenvalue weighted by atomic mass is 10.0. The van der Waals surface area contributed by atoms with Gasteiger partial charge in [0.15, 0.2) is 5.69 Å². The van der Waals surface area contributed by atoms with Crippen molar-refractivity contribution >= 4 is 17.6 Å². The molecule has 22 heavy (non-hydrogen) atoms.